The number of rotatable bonds is 51. The topological polar surface area (TPSA) is 78.9 Å². The highest BCUT2D eigenvalue weighted by atomic mass is 16.6. The molecule has 0 heterocycles. The summed E-state index contributed by atoms with van der Waals surface area (Å²) in [6.45, 7) is 6.62. The number of carbonyl (C=O) groups is 3. The third kappa shape index (κ3) is 49.2. The molecule has 0 rings (SSSR count). The summed E-state index contributed by atoms with van der Waals surface area (Å²) in [6, 6.07) is 0. The quantitative estimate of drug-likeness (QED) is 0.0262. The molecule has 0 saturated heterocycles. The van der Waals surface area contributed by atoms with Crippen LogP contribution >= 0.6 is 0 Å². The van der Waals surface area contributed by atoms with E-state index in [9.17, 15) is 14.4 Å². The molecule has 0 amide bonds. The van der Waals surface area contributed by atoms with E-state index in [0.717, 1.165) is 64.2 Å². The van der Waals surface area contributed by atoms with Crippen LogP contribution in [0.1, 0.15) is 310 Å². The van der Waals surface area contributed by atoms with Gasteiger partial charge in [-0.25, -0.2) is 0 Å². The maximum atomic E-state index is 12.8. The Kier molecular flexibility index (Phi) is 50.2. The fraction of sp³-hybridized carbons (Fsp3) is 0.911. The first-order valence-electron chi connectivity index (χ1n) is 27.7. The lowest BCUT2D eigenvalue weighted by atomic mass is 10.0. The van der Waals surface area contributed by atoms with E-state index in [1.54, 1.807) is 0 Å². The fourth-order valence-electron chi connectivity index (χ4n) is 8.32. The van der Waals surface area contributed by atoms with Gasteiger partial charge in [0.15, 0.2) is 6.10 Å². The smallest absolute Gasteiger partial charge is 0.306 e. The largest absolute Gasteiger partial charge is 0.462 e. The summed E-state index contributed by atoms with van der Waals surface area (Å²) in [5.74, 6) is -0.866. The van der Waals surface area contributed by atoms with Gasteiger partial charge < -0.3 is 14.2 Å². The molecule has 6 nitrogen and oxygen atoms in total. The van der Waals surface area contributed by atoms with Gasteiger partial charge in [-0.2, -0.15) is 0 Å². The Morgan fingerprint density at radius 1 is 0.306 bits per heavy atom. The lowest BCUT2D eigenvalue weighted by Gasteiger charge is -2.18. The molecular formula is C56H106O6. The molecule has 6 heteroatoms. The molecule has 0 aliphatic carbocycles. The summed E-state index contributed by atoms with van der Waals surface area (Å²) in [4.78, 5) is 37.8. The summed E-state index contributed by atoms with van der Waals surface area (Å²) in [6.07, 6.45) is 58.0. The molecule has 0 aromatic heterocycles. The molecule has 62 heavy (non-hydrogen) atoms. The summed E-state index contributed by atoms with van der Waals surface area (Å²) in [5, 5.41) is 0. The Bertz CT molecular complexity index is 962. The molecular weight excluding hydrogens is 769 g/mol. The second kappa shape index (κ2) is 51.8. The summed E-state index contributed by atoms with van der Waals surface area (Å²) in [5.41, 5.74) is 0. The van der Waals surface area contributed by atoms with Crippen molar-refractivity contribution in [3.63, 3.8) is 0 Å². The summed E-state index contributed by atoms with van der Waals surface area (Å²) in [7, 11) is 0. The van der Waals surface area contributed by atoms with Gasteiger partial charge in [0.05, 0.1) is 0 Å². The van der Waals surface area contributed by atoms with Crippen molar-refractivity contribution in [2.45, 2.75) is 316 Å². The highest BCUT2D eigenvalue weighted by Gasteiger charge is 2.19. The third-order valence-electron chi connectivity index (χ3n) is 12.5. The van der Waals surface area contributed by atoms with Crippen molar-refractivity contribution >= 4 is 17.9 Å². The van der Waals surface area contributed by atoms with Gasteiger partial charge in [-0.15, -0.1) is 0 Å². The van der Waals surface area contributed by atoms with Gasteiger partial charge in [-0.05, 0) is 44.9 Å². The van der Waals surface area contributed by atoms with E-state index in [1.807, 2.05) is 0 Å². The van der Waals surface area contributed by atoms with Crippen LogP contribution in [0.3, 0.4) is 0 Å². The van der Waals surface area contributed by atoms with Crippen molar-refractivity contribution in [2.75, 3.05) is 13.2 Å². The average Bonchev–Trinajstić information content (AvgIpc) is 3.27. The van der Waals surface area contributed by atoms with Crippen molar-refractivity contribution in [2.24, 2.45) is 0 Å². The molecule has 0 bridgehead atoms. The second-order valence-electron chi connectivity index (χ2n) is 18.9. The van der Waals surface area contributed by atoms with E-state index in [2.05, 4.69) is 32.9 Å². The minimum absolute atomic E-state index is 0.0686. The number of unbranched alkanes of at least 4 members (excludes halogenated alkanes) is 38. The third-order valence-corrected chi connectivity index (χ3v) is 12.5. The average molecular weight is 875 g/mol. The maximum Gasteiger partial charge on any atom is 0.306 e. The van der Waals surface area contributed by atoms with E-state index >= 15 is 0 Å². The predicted molar refractivity (Wildman–Crippen MR) is 266 cm³/mol. The van der Waals surface area contributed by atoms with Gasteiger partial charge in [0, 0.05) is 19.3 Å². The Morgan fingerprint density at radius 3 is 0.806 bits per heavy atom. The van der Waals surface area contributed by atoms with Crippen LogP contribution in [-0.2, 0) is 28.6 Å². The Labute approximate surface area is 386 Å². The zero-order chi connectivity index (χ0) is 45.1. The zero-order valence-corrected chi connectivity index (χ0v) is 41.9. The van der Waals surface area contributed by atoms with Crippen molar-refractivity contribution < 1.29 is 28.6 Å². The highest BCUT2D eigenvalue weighted by molar-refractivity contribution is 5.71. The number of esters is 3. The number of hydrogen-bond acceptors (Lipinski definition) is 6. The van der Waals surface area contributed by atoms with Gasteiger partial charge in [0.1, 0.15) is 13.2 Å². The first-order valence-corrected chi connectivity index (χ1v) is 27.7. The van der Waals surface area contributed by atoms with E-state index in [-0.39, 0.29) is 31.1 Å². The summed E-state index contributed by atoms with van der Waals surface area (Å²) >= 11 is 0. The maximum absolute atomic E-state index is 12.8. The van der Waals surface area contributed by atoms with Crippen molar-refractivity contribution in [1.82, 2.24) is 0 Å². The van der Waals surface area contributed by atoms with Crippen molar-refractivity contribution in [1.29, 1.82) is 0 Å². The Balaban J connectivity index is 4.10. The number of carbonyl (C=O) groups excluding carboxylic acids is 3. The Morgan fingerprint density at radius 2 is 0.532 bits per heavy atom. The number of ether oxygens (including phenoxy) is 3. The van der Waals surface area contributed by atoms with Crippen molar-refractivity contribution in [3.05, 3.63) is 12.2 Å². The molecule has 0 spiro atoms. The minimum Gasteiger partial charge on any atom is -0.462 e. The van der Waals surface area contributed by atoms with Gasteiger partial charge in [0.2, 0.25) is 0 Å². The molecule has 0 N–H and O–H groups in total. The Hall–Kier alpha value is -1.85. The molecule has 366 valence electrons. The van der Waals surface area contributed by atoms with Crippen molar-refractivity contribution in [3.8, 4) is 0 Å². The monoisotopic (exact) mass is 875 g/mol. The number of hydrogen-bond donors (Lipinski definition) is 0. The lowest BCUT2D eigenvalue weighted by Crippen LogP contribution is -2.30. The van der Waals surface area contributed by atoms with Gasteiger partial charge in [0.25, 0.3) is 0 Å². The fourth-order valence-corrected chi connectivity index (χ4v) is 8.32. The molecule has 0 aliphatic heterocycles. The molecule has 1 unspecified atom stereocenters. The van der Waals surface area contributed by atoms with Gasteiger partial charge in [-0.3, -0.25) is 14.4 Å². The van der Waals surface area contributed by atoms with Crippen LogP contribution in [0.2, 0.25) is 0 Å². The van der Waals surface area contributed by atoms with E-state index in [0.29, 0.717) is 19.3 Å². The normalized spacial score (nSPS) is 12.0. The van der Waals surface area contributed by atoms with Crippen LogP contribution in [0, 0.1) is 0 Å². The van der Waals surface area contributed by atoms with Gasteiger partial charge in [-0.1, -0.05) is 258 Å². The summed E-state index contributed by atoms with van der Waals surface area (Å²) < 4.78 is 16.8. The molecule has 0 saturated carbocycles. The van der Waals surface area contributed by atoms with E-state index < -0.39 is 6.10 Å². The molecule has 0 fully saturated rings. The molecule has 0 aromatic rings. The van der Waals surface area contributed by atoms with E-state index in [4.69, 9.17) is 14.2 Å². The first kappa shape index (κ1) is 60.2. The van der Waals surface area contributed by atoms with Gasteiger partial charge >= 0.3 is 17.9 Å². The first-order chi connectivity index (χ1) is 30.5. The highest BCUT2D eigenvalue weighted by Crippen LogP contribution is 2.17. The van der Waals surface area contributed by atoms with Crippen LogP contribution in [0.15, 0.2) is 12.2 Å². The van der Waals surface area contributed by atoms with Crippen LogP contribution in [-0.4, -0.2) is 37.2 Å². The van der Waals surface area contributed by atoms with E-state index in [1.165, 1.54) is 205 Å². The molecule has 0 radical (unpaired) electrons. The SMILES string of the molecule is CCCCCCC/C=C\CCCCCCCC(=O)OC(COC(=O)CCCCCCCCC)COC(=O)CCCCCCCCCCCCCCCCCCCCCCCCC. The van der Waals surface area contributed by atoms with Crippen LogP contribution < -0.4 is 0 Å². The molecule has 0 aromatic carbocycles. The lowest BCUT2D eigenvalue weighted by molar-refractivity contribution is -0.167. The minimum atomic E-state index is -0.766. The van der Waals surface area contributed by atoms with Crippen LogP contribution in [0.5, 0.6) is 0 Å². The van der Waals surface area contributed by atoms with Crippen LogP contribution in [0.4, 0.5) is 0 Å². The predicted octanol–water partition coefficient (Wildman–Crippen LogP) is 18.2. The molecule has 1 atom stereocenters. The van der Waals surface area contributed by atoms with Crippen LogP contribution in [0.25, 0.3) is 0 Å². The second-order valence-corrected chi connectivity index (χ2v) is 18.9. The standard InChI is InChI=1S/C56H106O6/c1-4-7-10-13-16-18-20-22-24-25-26-27-28-29-30-31-32-34-35-37-40-43-46-49-55(58)61-52-53(51-60-54(57)48-45-42-39-15-12-9-6-3)62-56(59)50-47-44-41-38-36-33-23-21-19-17-14-11-8-5-2/h21,23,53H,4-20,22,24-52H2,1-3H3/b23-21-. The zero-order valence-electron chi connectivity index (χ0n) is 41.9. The molecule has 0 aliphatic rings. The number of allylic oxidation sites excluding steroid dienone is 2.